The van der Waals surface area contributed by atoms with Crippen LogP contribution in [0.1, 0.15) is 13.3 Å². The summed E-state index contributed by atoms with van der Waals surface area (Å²) in [5.74, 6) is -0.965. The summed E-state index contributed by atoms with van der Waals surface area (Å²) in [6.45, 7) is 3.47. The number of aliphatic hydroxyl groups excluding tert-OH is 1. The van der Waals surface area contributed by atoms with Crippen molar-refractivity contribution in [2.24, 2.45) is 5.92 Å². The quantitative estimate of drug-likeness (QED) is 0.713. The van der Waals surface area contributed by atoms with Gasteiger partial charge in [0, 0.05) is 25.6 Å². The molecule has 2 saturated heterocycles. The lowest BCUT2D eigenvalue weighted by molar-refractivity contribution is -0.147. The summed E-state index contributed by atoms with van der Waals surface area (Å²) in [6, 6.07) is -1.18. The maximum Gasteiger partial charge on any atom is 0.328 e. The number of aliphatic hydroxyl groups is 1. The van der Waals surface area contributed by atoms with Gasteiger partial charge in [0.2, 0.25) is 0 Å². The number of carbonyl (C=O) groups excluding carboxylic acids is 1. The summed E-state index contributed by atoms with van der Waals surface area (Å²) in [5.41, 5.74) is 0. The van der Waals surface area contributed by atoms with Crippen molar-refractivity contribution in [3.05, 3.63) is 0 Å². The molecule has 2 N–H and O–H groups in total. The molecule has 19 heavy (non-hydrogen) atoms. The number of hydrogen-bond acceptors (Lipinski definition) is 4. The Kier molecular flexibility index (Phi) is 4.26. The van der Waals surface area contributed by atoms with Crippen LogP contribution in [0, 0.1) is 5.92 Å². The molecule has 0 spiro atoms. The fourth-order valence-corrected chi connectivity index (χ4v) is 2.57. The van der Waals surface area contributed by atoms with E-state index in [1.54, 1.807) is 11.8 Å². The third-order valence-corrected chi connectivity index (χ3v) is 3.84. The Morgan fingerprint density at radius 2 is 2.11 bits per heavy atom. The molecular weight excluding hydrogens is 252 g/mol. The number of carboxylic acid groups (broad SMARTS) is 1. The van der Waals surface area contributed by atoms with E-state index < -0.39 is 18.1 Å². The minimum atomic E-state index is -1.04. The van der Waals surface area contributed by atoms with Gasteiger partial charge >= 0.3 is 12.0 Å². The molecule has 7 heteroatoms. The van der Waals surface area contributed by atoms with E-state index in [1.165, 1.54) is 4.90 Å². The normalized spacial score (nSPS) is 29.4. The first kappa shape index (κ1) is 14.1. The Morgan fingerprint density at radius 3 is 2.68 bits per heavy atom. The molecule has 108 valence electrons. The smallest absolute Gasteiger partial charge is 0.328 e. The number of carboxylic acids is 1. The maximum absolute atomic E-state index is 12.3. The van der Waals surface area contributed by atoms with Gasteiger partial charge in [-0.3, -0.25) is 0 Å². The third-order valence-electron chi connectivity index (χ3n) is 3.84. The van der Waals surface area contributed by atoms with Crippen LogP contribution in [0.25, 0.3) is 0 Å². The lowest BCUT2D eigenvalue weighted by Crippen LogP contribution is -2.56. The molecule has 2 aliphatic rings. The van der Waals surface area contributed by atoms with Gasteiger partial charge in [-0.05, 0) is 13.3 Å². The number of ether oxygens (including phenoxy) is 1. The summed E-state index contributed by atoms with van der Waals surface area (Å²) >= 11 is 0. The second-order valence-electron chi connectivity index (χ2n) is 5.14. The van der Waals surface area contributed by atoms with E-state index in [0.717, 1.165) is 6.42 Å². The molecule has 0 bridgehead atoms. The number of morpholine rings is 1. The van der Waals surface area contributed by atoms with Crippen molar-refractivity contribution in [1.82, 2.24) is 9.80 Å². The van der Waals surface area contributed by atoms with E-state index in [4.69, 9.17) is 9.84 Å². The van der Waals surface area contributed by atoms with E-state index in [-0.39, 0.29) is 18.6 Å². The largest absolute Gasteiger partial charge is 0.480 e. The Balaban J connectivity index is 2.00. The average molecular weight is 272 g/mol. The van der Waals surface area contributed by atoms with Gasteiger partial charge in [0.25, 0.3) is 0 Å². The van der Waals surface area contributed by atoms with Crippen LogP contribution in [-0.4, -0.2) is 77.0 Å². The number of aliphatic carboxylic acids is 1. The van der Waals surface area contributed by atoms with Crippen molar-refractivity contribution in [2.75, 3.05) is 32.8 Å². The molecule has 3 atom stereocenters. The Labute approximate surface area is 111 Å². The molecule has 0 aromatic carbocycles. The predicted octanol–water partition coefficient (Wildman–Crippen LogP) is -0.405. The Bertz CT molecular complexity index is 360. The van der Waals surface area contributed by atoms with Gasteiger partial charge < -0.3 is 24.7 Å². The number of rotatable bonds is 2. The maximum atomic E-state index is 12.3. The van der Waals surface area contributed by atoms with E-state index in [9.17, 15) is 14.7 Å². The molecule has 2 fully saturated rings. The van der Waals surface area contributed by atoms with Crippen molar-refractivity contribution in [2.45, 2.75) is 25.5 Å². The lowest BCUT2D eigenvalue weighted by Gasteiger charge is -2.35. The van der Waals surface area contributed by atoms with Gasteiger partial charge in [0.1, 0.15) is 0 Å². The summed E-state index contributed by atoms with van der Waals surface area (Å²) in [4.78, 5) is 26.4. The summed E-state index contributed by atoms with van der Waals surface area (Å²) < 4.78 is 5.11. The van der Waals surface area contributed by atoms with Crippen LogP contribution in [0.4, 0.5) is 4.79 Å². The van der Waals surface area contributed by atoms with Crippen LogP contribution in [0.15, 0.2) is 0 Å². The number of hydrogen-bond donors (Lipinski definition) is 2. The predicted molar refractivity (Wildman–Crippen MR) is 65.7 cm³/mol. The van der Waals surface area contributed by atoms with Gasteiger partial charge in [-0.15, -0.1) is 0 Å². The minimum absolute atomic E-state index is 0.0365. The van der Waals surface area contributed by atoms with E-state index in [1.807, 2.05) is 0 Å². The standard InChI is InChI=1S/C12H20N2O5/c1-8(15)9-2-3-13(6-9)12(18)14-4-5-19-7-10(14)11(16)17/h8-10,15H,2-7H2,1H3,(H,16,17). The number of nitrogens with zero attached hydrogens (tertiary/aromatic N) is 2. The van der Waals surface area contributed by atoms with Crippen molar-refractivity contribution < 1.29 is 24.5 Å². The first-order chi connectivity index (χ1) is 9.00. The molecule has 0 aromatic rings. The highest BCUT2D eigenvalue weighted by molar-refractivity contribution is 5.83. The molecule has 0 saturated carbocycles. The van der Waals surface area contributed by atoms with Crippen molar-refractivity contribution in [1.29, 1.82) is 0 Å². The first-order valence-corrected chi connectivity index (χ1v) is 6.55. The van der Waals surface area contributed by atoms with E-state index in [0.29, 0.717) is 26.2 Å². The Morgan fingerprint density at radius 1 is 1.37 bits per heavy atom. The second-order valence-corrected chi connectivity index (χ2v) is 5.14. The van der Waals surface area contributed by atoms with Crippen LogP contribution in [0.3, 0.4) is 0 Å². The molecule has 0 aliphatic carbocycles. The van der Waals surface area contributed by atoms with E-state index >= 15 is 0 Å². The van der Waals surface area contributed by atoms with Crippen LogP contribution in [0.2, 0.25) is 0 Å². The van der Waals surface area contributed by atoms with Gasteiger partial charge in [0.05, 0.1) is 19.3 Å². The SMILES string of the molecule is CC(O)C1CCN(C(=O)N2CCOCC2C(=O)O)C1. The molecule has 7 nitrogen and oxygen atoms in total. The van der Waals surface area contributed by atoms with Crippen molar-refractivity contribution in [3.8, 4) is 0 Å². The molecule has 2 aliphatic heterocycles. The van der Waals surface area contributed by atoms with Crippen LogP contribution >= 0.6 is 0 Å². The van der Waals surface area contributed by atoms with Crippen molar-refractivity contribution in [3.63, 3.8) is 0 Å². The average Bonchev–Trinajstić information content (AvgIpc) is 2.87. The highest BCUT2D eigenvalue weighted by Crippen LogP contribution is 2.22. The summed E-state index contributed by atoms with van der Waals surface area (Å²) in [6.07, 6.45) is 0.309. The Hall–Kier alpha value is -1.34. The van der Waals surface area contributed by atoms with Crippen LogP contribution < -0.4 is 0 Å². The van der Waals surface area contributed by atoms with Crippen LogP contribution in [0.5, 0.6) is 0 Å². The van der Waals surface area contributed by atoms with Gasteiger partial charge in [0.15, 0.2) is 6.04 Å². The highest BCUT2D eigenvalue weighted by Gasteiger charge is 2.38. The van der Waals surface area contributed by atoms with Gasteiger partial charge in [-0.1, -0.05) is 0 Å². The molecular formula is C12H20N2O5. The van der Waals surface area contributed by atoms with E-state index in [2.05, 4.69) is 0 Å². The molecule has 2 rings (SSSR count). The molecule has 2 heterocycles. The summed E-state index contributed by atoms with van der Waals surface area (Å²) in [5, 5.41) is 18.6. The van der Waals surface area contributed by atoms with Crippen molar-refractivity contribution >= 4 is 12.0 Å². The third kappa shape index (κ3) is 2.98. The molecule has 0 aromatic heterocycles. The first-order valence-electron chi connectivity index (χ1n) is 6.55. The highest BCUT2D eigenvalue weighted by atomic mass is 16.5. The zero-order chi connectivity index (χ0) is 14.0. The minimum Gasteiger partial charge on any atom is -0.480 e. The molecule has 2 amide bonds. The van der Waals surface area contributed by atoms with Gasteiger partial charge in [-0.25, -0.2) is 9.59 Å². The topological polar surface area (TPSA) is 90.3 Å². The number of carbonyl (C=O) groups is 2. The monoisotopic (exact) mass is 272 g/mol. The fourth-order valence-electron chi connectivity index (χ4n) is 2.57. The number of amides is 2. The zero-order valence-electron chi connectivity index (χ0n) is 11.0. The lowest BCUT2D eigenvalue weighted by atomic mass is 10.0. The fraction of sp³-hybridized carbons (Fsp3) is 0.833. The molecule has 0 radical (unpaired) electrons. The number of likely N-dealkylation sites (tertiary alicyclic amines) is 1. The summed E-state index contributed by atoms with van der Waals surface area (Å²) in [7, 11) is 0. The zero-order valence-corrected chi connectivity index (χ0v) is 11.0. The second kappa shape index (κ2) is 5.75. The van der Waals surface area contributed by atoms with Crippen LogP contribution in [-0.2, 0) is 9.53 Å². The number of urea groups is 1. The molecule has 3 unspecified atom stereocenters. The van der Waals surface area contributed by atoms with Gasteiger partial charge in [-0.2, -0.15) is 0 Å².